The molecule has 2 rings (SSSR count). The maximum atomic E-state index is 10.7. The monoisotopic (exact) mass is 335 g/mol. The quantitative estimate of drug-likeness (QED) is 0.629. The first-order chi connectivity index (χ1) is 9.15. The molecule has 0 atom stereocenters. The summed E-state index contributed by atoms with van der Waals surface area (Å²) in [5, 5.41) is 0.661. The normalized spacial score (nSPS) is 8.64. The van der Waals surface area contributed by atoms with Gasteiger partial charge in [-0.3, -0.25) is 10.9 Å². The van der Waals surface area contributed by atoms with E-state index in [1.165, 1.54) is 13.4 Å². The van der Waals surface area contributed by atoms with Crippen LogP contribution in [0.4, 0.5) is 10.6 Å². The minimum absolute atomic E-state index is 0. The Morgan fingerprint density at radius 3 is 2.27 bits per heavy atom. The topological polar surface area (TPSA) is 174 Å². The fourth-order valence-electron chi connectivity index (χ4n) is 1.60. The van der Waals surface area contributed by atoms with Gasteiger partial charge in [0.05, 0.1) is 19.7 Å². The fraction of sp³-hybridized carbons (Fsp3) is 0.182. The summed E-state index contributed by atoms with van der Waals surface area (Å²) in [4.78, 5) is 18.8. The molecule has 0 spiro atoms. The molecule has 22 heavy (non-hydrogen) atoms. The van der Waals surface area contributed by atoms with Crippen LogP contribution in [0.1, 0.15) is 0 Å². The predicted molar refractivity (Wildman–Crippen MR) is 83.5 cm³/mol. The molecule has 10 nitrogen and oxygen atoms in total. The zero-order valence-corrected chi connectivity index (χ0v) is 12.7. The maximum Gasteiger partial charge on any atom is 0.330 e. The van der Waals surface area contributed by atoms with Crippen LogP contribution in [-0.2, 0) is 0 Å². The number of nitrogens with zero attached hydrogens (tertiary/aromatic N) is 2. The van der Waals surface area contributed by atoms with Crippen molar-refractivity contribution < 1.29 is 25.2 Å². The van der Waals surface area contributed by atoms with E-state index >= 15 is 0 Å². The standard InChI is InChI=1S/C11H13N5O3.ClH.2H2O/c1-18-8-3-6-7(4-9(8)19-2)13-5-14-10(6)15-16-11(12)17;;;/h3-5H,1-2H3,(H3,12,16,17)(H,13,14,15);1H;2*1H2. The van der Waals surface area contributed by atoms with E-state index in [0.717, 1.165) is 0 Å². The SMILES string of the molecule is COc1cc2ncnc(NNC(N)=O)c2cc1OC.Cl.O.O. The Labute approximate surface area is 132 Å². The van der Waals surface area contributed by atoms with Gasteiger partial charge in [-0.1, -0.05) is 0 Å². The molecular formula is C11H18ClN5O5. The number of halogens is 1. The van der Waals surface area contributed by atoms with E-state index in [4.69, 9.17) is 15.2 Å². The first-order valence-corrected chi connectivity index (χ1v) is 5.34. The number of urea groups is 1. The number of hydrogen-bond acceptors (Lipinski definition) is 6. The molecular weight excluding hydrogens is 318 g/mol. The Kier molecular flexibility index (Phi) is 9.28. The van der Waals surface area contributed by atoms with Gasteiger partial charge in [0, 0.05) is 11.5 Å². The zero-order chi connectivity index (χ0) is 13.8. The third-order valence-electron chi connectivity index (χ3n) is 2.44. The van der Waals surface area contributed by atoms with Gasteiger partial charge in [0.1, 0.15) is 6.33 Å². The Balaban J connectivity index is 0. The highest BCUT2D eigenvalue weighted by atomic mass is 35.5. The van der Waals surface area contributed by atoms with Gasteiger partial charge in [-0.2, -0.15) is 0 Å². The summed E-state index contributed by atoms with van der Waals surface area (Å²) in [6, 6.07) is 2.71. The van der Waals surface area contributed by atoms with Crippen molar-refractivity contribution in [2.24, 2.45) is 5.73 Å². The number of hydrogen-bond donors (Lipinski definition) is 3. The van der Waals surface area contributed by atoms with E-state index in [1.54, 1.807) is 19.2 Å². The third-order valence-corrected chi connectivity index (χ3v) is 2.44. The average molecular weight is 336 g/mol. The minimum Gasteiger partial charge on any atom is -0.493 e. The molecule has 0 aliphatic rings. The summed E-state index contributed by atoms with van der Waals surface area (Å²) in [6.45, 7) is 0. The first-order valence-electron chi connectivity index (χ1n) is 5.34. The lowest BCUT2D eigenvalue weighted by Crippen LogP contribution is -2.34. The molecule has 1 aromatic heterocycles. The second-order valence-electron chi connectivity index (χ2n) is 3.56. The molecule has 8 N–H and O–H groups in total. The number of anilines is 1. The number of hydrazine groups is 1. The maximum absolute atomic E-state index is 10.7. The Morgan fingerprint density at radius 1 is 1.14 bits per heavy atom. The van der Waals surface area contributed by atoms with Crippen LogP contribution in [0.15, 0.2) is 18.5 Å². The van der Waals surface area contributed by atoms with Gasteiger partial charge in [0.2, 0.25) is 0 Å². The van der Waals surface area contributed by atoms with Crippen molar-refractivity contribution >= 4 is 35.2 Å². The van der Waals surface area contributed by atoms with Gasteiger partial charge in [-0.25, -0.2) is 14.8 Å². The van der Waals surface area contributed by atoms with Gasteiger partial charge in [-0.05, 0) is 6.07 Å². The number of rotatable bonds is 4. The molecule has 0 saturated carbocycles. The van der Waals surface area contributed by atoms with Crippen molar-refractivity contribution in [1.82, 2.24) is 15.4 Å². The zero-order valence-electron chi connectivity index (χ0n) is 11.8. The summed E-state index contributed by atoms with van der Waals surface area (Å²) in [6.07, 6.45) is 1.36. The molecule has 0 fully saturated rings. The highest BCUT2D eigenvalue weighted by Crippen LogP contribution is 2.33. The molecule has 2 amide bonds. The van der Waals surface area contributed by atoms with Crippen molar-refractivity contribution in [3.8, 4) is 11.5 Å². The van der Waals surface area contributed by atoms with E-state index in [-0.39, 0.29) is 23.4 Å². The summed E-state index contributed by atoms with van der Waals surface area (Å²) in [7, 11) is 3.07. The van der Waals surface area contributed by atoms with Crippen molar-refractivity contribution in [2.75, 3.05) is 19.6 Å². The Hall–Kier alpha value is -2.56. The molecule has 0 radical (unpaired) electrons. The number of aromatic nitrogens is 2. The number of amides is 2. The molecule has 0 saturated heterocycles. The molecule has 124 valence electrons. The number of carbonyl (C=O) groups excluding carboxylic acids is 1. The van der Waals surface area contributed by atoms with Gasteiger partial charge in [-0.15, -0.1) is 12.4 Å². The van der Waals surface area contributed by atoms with Crippen LogP contribution >= 0.6 is 12.4 Å². The van der Waals surface area contributed by atoms with E-state index in [9.17, 15) is 4.79 Å². The summed E-state index contributed by atoms with van der Waals surface area (Å²) in [5.41, 5.74) is 10.5. The number of primary amides is 1. The fourth-order valence-corrected chi connectivity index (χ4v) is 1.60. The molecule has 0 bridgehead atoms. The number of nitrogens with one attached hydrogen (secondary N) is 2. The summed E-state index contributed by atoms with van der Waals surface area (Å²) >= 11 is 0. The molecule has 0 aliphatic carbocycles. The van der Waals surface area contributed by atoms with E-state index < -0.39 is 6.03 Å². The Bertz CT molecular complexity index is 627. The highest BCUT2D eigenvalue weighted by molar-refractivity contribution is 5.92. The summed E-state index contributed by atoms with van der Waals surface area (Å²) < 4.78 is 10.4. The van der Waals surface area contributed by atoms with E-state index in [2.05, 4.69) is 20.8 Å². The number of ether oxygens (including phenoxy) is 2. The van der Waals surface area contributed by atoms with Crippen molar-refractivity contribution in [3.05, 3.63) is 18.5 Å². The average Bonchev–Trinajstić information content (AvgIpc) is 2.43. The van der Waals surface area contributed by atoms with Crippen LogP contribution in [-0.4, -0.2) is 41.2 Å². The molecule has 2 aromatic rings. The third kappa shape index (κ3) is 4.48. The second-order valence-corrected chi connectivity index (χ2v) is 3.56. The lowest BCUT2D eigenvalue weighted by Gasteiger charge is -2.11. The van der Waals surface area contributed by atoms with Gasteiger partial charge in [0.25, 0.3) is 0 Å². The van der Waals surface area contributed by atoms with Crippen LogP contribution < -0.4 is 26.1 Å². The molecule has 0 aliphatic heterocycles. The molecule has 0 unspecified atom stereocenters. The lowest BCUT2D eigenvalue weighted by atomic mass is 10.2. The number of carbonyl (C=O) groups is 1. The van der Waals surface area contributed by atoms with Crippen LogP contribution in [0, 0.1) is 0 Å². The largest absolute Gasteiger partial charge is 0.493 e. The highest BCUT2D eigenvalue weighted by Gasteiger charge is 2.10. The number of methoxy groups -OCH3 is 2. The van der Waals surface area contributed by atoms with Crippen LogP contribution in [0.25, 0.3) is 10.9 Å². The minimum atomic E-state index is -0.716. The smallest absolute Gasteiger partial charge is 0.330 e. The lowest BCUT2D eigenvalue weighted by molar-refractivity contribution is 0.250. The first kappa shape index (κ1) is 21.7. The van der Waals surface area contributed by atoms with Crippen LogP contribution in [0.3, 0.4) is 0 Å². The molecule has 11 heteroatoms. The number of nitrogens with two attached hydrogens (primary N) is 1. The Morgan fingerprint density at radius 2 is 1.73 bits per heavy atom. The van der Waals surface area contributed by atoms with E-state index in [0.29, 0.717) is 28.2 Å². The van der Waals surface area contributed by atoms with Crippen molar-refractivity contribution in [2.45, 2.75) is 0 Å². The van der Waals surface area contributed by atoms with E-state index in [1.807, 2.05) is 0 Å². The van der Waals surface area contributed by atoms with Crippen LogP contribution in [0.5, 0.6) is 11.5 Å². The van der Waals surface area contributed by atoms with Gasteiger partial charge < -0.3 is 26.2 Å². The number of fused-ring (bicyclic) bond motifs is 1. The van der Waals surface area contributed by atoms with Gasteiger partial charge >= 0.3 is 6.03 Å². The van der Waals surface area contributed by atoms with Gasteiger partial charge in [0.15, 0.2) is 17.3 Å². The van der Waals surface area contributed by atoms with Crippen molar-refractivity contribution in [1.29, 1.82) is 0 Å². The molecule has 1 heterocycles. The van der Waals surface area contributed by atoms with Crippen molar-refractivity contribution in [3.63, 3.8) is 0 Å². The second kappa shape index (κ2) is 9.39. The molecule has 1 aromatic carbocycles. The van der Waals surface area contributed by atoms with Crippen LogP contribution in [0.2, 0.25) is 0 Å². The summed E-state index contributed by atoms with van der Waals surface area (Å²) in [5.74, 6) is 1.50. The predicted octanol–water partition coefficient (Wildman–Crippen LogP) is -0.585. The number of benzene rings is 1.